The normalized spacial score (nSPS) is 20.4. The van der Waals surface area contributed by atoms with Crippen LogP contribution >= 0.6 is 0 Å². The van der Waals surface area contributed by atoms with Crippen molar-refractivity contribution in [3.8, 4) is 0 Å². The van der Waals surface area contributed by atoms with Crippen molar-refractivity contribution >= 4 is 11.9 Å². The monoisotopic (exact) mass is 342 g/mol. The van der Waals surface area contributed by atoms with E-state index >= 15 is 0 Å². The Morgan fingerprint density at radius 3 is 2.48 bits per heavy atom. The van der Waals surface area contributed by atoms with Crippen LogP contribution in [0.25, 0.3) is 0 Å². The highest BCUT2D eigenvalue weighted by Crippen LogP contribution is 2.30. The highest BCUT2D eigenvalue weighted by atomic mass is 16.5. The summed E-state index contributed by atoms with van der Waals surface area (Å²) in [6.07, 6.45) is 0.629. The van der Waals surface area contributed by atoms with E-state index in [0.717, 1.165) is 10.5 Å². The van der Waals surface area contributed by atoms with Crippen molar-refractivity contribution in [3.05, 3.63) is 47.1 Å². The zero-order chi connectivity index (χ0) is 18.2. The lowest BCUT2D eigenvalue weighted by Crippen LogP contribution is -2.40. The molecule has 1 atom stereocenters. The van der Waals surface area contributed by atoms with Crippen LogP contribution in [0, 0.1) is 0 Å². The highest BCUT2D eigenvalue weighted by Gasteiger charge is 2.49. The predicted molar refractivity (Wildman–Crippen MR) is 90.6 cm³/mol. The molecule has 1 aromatic carbocycles. The lowest BCUT2D eigenvalue weighted by Gasteiger charge is -2.22. The first kappa shape index (κ1) is 17.1. The number of imide groups is 1. The number of nitrogens with one attached hydrogen (secondary N) is 1. The number of aromatic nitrogens is 2. The number of aryl methyl sites for hydroxylation is 1. The first-order valence-electron chi connectivity index (χ1n) is 8.41. The van der Waals surface area contributed by atoms with Crippen molar-refractivity contribution in [2.75, 3.05) is 0 Å². The Hall–Kier alpha value is -2.70. The molecule has 1 aliphatic heterocycles. The number of carbonyl (C=O) groups excluding carboxylic acids is 2. The van der Waals surface area contributed by atoms with Gasteiger partial charge in [-0.3, -0.25) is 9.69 Å². The molecule has 7 nitrogen and oxygen atoms in total. The number of rotatable bonds is 5. The molecule has 1 unspecified atom stereocenters. The number of hydrogen-bond donors (Lipinski definition) is 1. The summed E-state index contributed by atoms with van der Waals surface area (Å²) in [6, 6.07) is 7.28. The lowest BCUT2D eigenvalue weighted by atomic mass is 9.90. The van der Waals surface area contributed by atoms with Crippen LogP contribution in [-0.2, 0) is 23.3 Å². The molecule has 0 radical (unpaired) electrons. The van der Waals surface area contributed by atoms with Gasteiger partial charge in [0.2, 0.25) is 5.89 Å². The Labute approximate surface area is 146 Å². The standard InChI is InChI=1S/C18H22N4O3/c1-5-14-19-15(25-21-14)10-22-16(23)18(4,20-17(22)24)13-8-6-12(7-9-13)11(2)3/h6-9,11H,5,10H2,1-4H3,(H,20,24). The van der Waals surface area contributed by atoms with Crippen molar-refractivity contribution in [1.29, 1.82) is 0 Å². The smallest absolute Gasteiger partial charge is 0.325 e. The van der Waals surface area contributed by atoms with Gasteiger partial charge < -0.3 is 9.84 Å². The number of urea groups is 1. The topological polar surface area (TPSA) is 88.3 Å². The van der Waals surface area contributed by atoms with Gasteiger partial charge in [0.15, 0.2) is 5.82 Å². The van der Waals surface area contributed by atoms with Crippen LogP contribution in [-0.4, -0.2) is 27.0 Å². The molecule has 25 heavy (non-hydrogen) atoms. The van der Waals surface area contributed by atoms with Crippen molar-refractivity contribution in [1.82, 2.24) is 20.4 Å². The minimum atomic E-state index is -1.10. The molecule has 1 saturated heterocycles. The number of carbonyl (C=O) groups is 2. The van der Waals surface area contributed by atoms with E-state index in [2.05, 4.69) is 29.3 Å². The van der Waals surface area contributed by atoms with E-state index in [0.29, 0.717) is 18.2 Å². The van der Waals surface area contributed by atoms with Crippen molar-refractivity contribution in [2.24, 2.45) is 0 Å². The third kappa shape index (κ3) is 3.01. The van der Waals surface area contributed by atoms with Crippen molar-refractivity contribution in [2.45, 2.75) is 52.1 Å². The largest absolute Gasteiger partial charge is 0.337 e. The van der Waals surface area contributed by atoms with Gasteiger partial charge in [-0.05, 0) is 24.0 Å². The van der Waals surface area contributed by atoms with E-state index in [1.165, 1.54) is 5.56 Å². The lowest BCUT2D eigenvalue weighted by molar-refractivity contribution is -0.131. The molecule has 7 heteroatoms. The van der Waals surface area contributed by atoms with Crippen LogP contribution in [0.4, 0.5) is 4.79 Å². The van der Waals surface area contributed by atoms with Gasteiger partial charge in [0.05, 0.1) is 0 Å². The summed E-state index contributed by atoms with van der Waals surface area (Å²) in [6.45, 7) is 7.80. The Morgan fingerprint density at radius 2 is 1.92 bits per heavy atom. The molecule has 1 aliphatic rings. The van der Waals surface area contributed by atoms with Gasteiger partial charge in [0, 0.05) is 6.42 Å². The zero-order valence-corrected chi connectivity index (χ0v) is 14.9. The second-order valence-electron chi connectivity index (χ2n) is 6.68. The third-order valence-corrected chi connectivity index (χ3v) is 4.55. The fourth-order valence-electron chi connectivity index (χ4n) is 2.87. The summed E-state index contributed by atoms with van der Waals surface area (Å²) < 4.78 is 5.10. The summed E-state index contributed by atoms with van der Waals surface area (Å²) in [5, 5.41) is 6.58. The summed E-state index contributed by atoms with van der Waals surface area (Å²) in [5.41, 5.74) is 0.830. The van der Waals surface area contributed by atoms with Crippen LogP contribution in [0.2, 0.25) is 0 Å². The maximum atomic E-state index is 12.9. The average Bonchev–Trinajstić information content (AvgIpc) is 3.14. The van der Waals surface area contributed by atoms with Gasteiger partial charge in [0.1, 0.15) is 12.1 Å². The maximum Gasteiger partial charge on any atom is 0.325 e. The van der Waals surface area contributed by atoms with E-state index in [1.54, 1.807) is 6.92 Å². The number of benzene rings is 1. The molecule has 0 spiro atoms. The number of hydrogen-bond acceptors (Lipinski definition) is 5. The molecule has 0 bridgehead atoms. The third-order valence-electron chi connectivity index (χ3n) is 4.55. The summed E-state index contributed by atoms with van der Waals surface area (Å²) in [5.74, 6) is 0.873. The van der Waals surface area contributed by atoms with Gasteiger partial charge in [-0.25, -0.2) is 4.79 Å². The first-order valence-corrected chi connectivity index (χ1v) is 8.41. The predicted octanol–water partition coefficient (Wildman–Crippen LogP) is 2.72. The molecular weight excluding hydrogens is 320 g/mol. The molecule has 0 aliphatic carbocycles. The molecule has 2 heterocycles. The quantitative estimate of drug-likeness (QED) is 0.844. The molecule has 1 fully saturated rings. The fourth-order valence-corrected chi connectivity index (χ4v) is 2.87. The maximum absolute atomic E-state index is 12.9. The number of nitrogens with zero attached hydrogens (tertiary/aromatic N) is 3. The molecule has 0 saturated carbocycles. The van der Waals surface area contributed by atoms with Crippen LogP contribution in [0.15, 0.2) is 28.8 Å². The average molecular weight is 342 g/mol. The molecule has 132 valence electrons. The SMILES string of the molecule is CCc1noc(CN2C(=O)NC(C)(c3ccc(C(C)C)cc3)C2=O)n1. The minimum Gasteiger partial charge on any atom is -0.337 e. The molecular formula is C18H22N4O3. The molecule has 3 amide bonds. The van der Waals surface area contributed by atoms with Gasteiger partial charge in [-0.15, -0.1) is 0 Å². The summed E-state index contributed by atoms with van der Waals surface area (Å²) >= 11 is 0. The Balaban J connectivity index is 1.83. The Morgan fingerprint density at radius 1 is 1.24 bits per heavy atom. The first-order chi connectivity index (χ1) is 11.8. The van der Waals surface area contributed by atoms with E-state index in [-0.39, 0.29) is 18.3 Å². The highest BCUT2D eigenvalue weighted by molar-refractivity contribution is 6.07. The molecule has 1 N–H and O–H groups in total. The van der Waals surface area contributed by atoms with Crippen LogP contribution in [0.1, 0.15) is 56.5 Å². The van der Waals surface area contributed by atoms with Crippen molar-refractivity contribution in [3.63, 3.8) is 0 Å². The molecule has 3 rings (SSSR count). The Bertz CT molecular complexity index is 797. The van der Waals surface area contributed by atoms with Crippen LogP contribution in [0.3, 0.4) is 0 Å². The van der Waals surface area contributed by atoms with Crippen LogP contribution in [0.5, 0.6) is 0 Å². The second kappa shape index (κ2) is 6.31. The summed E-state index contributed by atoms with van der Waals surface area (Å²) in [4.78, 5) is 30.5. The van der Waals surface area contributed by atoms with E-state index in [9.17, 15) is 9.59 Å². The zero-order valence-electron chi connectivity index (χ0n) is 14.9. The Kier molecular flexibility index (Phi) is 4.32. The van der Waals surface area contributed by atoms with E-state index in [1.807, 2.05) is 31.2 Å². The molecule has 2 aromatic rings. The van der Waals surface area contributed by atoms with E-state index < -0.39 is 11.6 Å². The fraction of sp³-hybridized carbons (Fsp3) is 0.444. The molecule has 1 aromatic heterocycles. The van der Waals surface area contributed by atoms with Crippen molar-refractivity contribution < 1.29 is 14.1 Å². The van der Waals surface area contributed by atoms with Gasteiger partial charge in [0.25, 0.3) is 5.91 Å². The summed E-state index contributed by atoms with van der Waals surface area (Å²) in [7, 11) is 0. The number of amides is 3. The minimum absolute atomic E-state index is 0.0304. The van der Waals surface area contributed by atoms with E-state index in [4.69, 9.17) is 4.52 Å². The van der Waals surface area contributed by atoms with Gasteiger partial charge in [-0.2, -0.15) is 4.98 Å². The van der Waals surface area contributed by atoms with Crippen LogP contribution < -0.4 is 5.32 Å². The van der Waals surface area contributed by atoms with Gasteiger partial charge in [-0.1, -0.05) is 50.2 Å². The second-order valence-corrected chi connectivity index (χ2v) is 6.68. The van der Waals surface area contributed by atoms with Gasteiger partial charge >= 0.3 is 6.03 Å².